The van der Waals surface area contributed by atoms with Crippen LogP contribution in [0.2, 0.25) is 0 Å². The molecule has 3 aliphatic heterocycles. The topological polar surface area (TPSA) is 497 Å². The van der Waals surface area contributed by atoms with Gasteiger partial charge in [-0.25, -0.2) is 24.0 Å². The van der Waals surface area contributed by atoms with Crippen LogP contribution in [0.3, 0.4) is 0 Å². The Morgan fingerprint density at radius 2 is 0.824 bits per heavy atom. The molecule has 8 atom stereocenters. The Kier molecular flexibility index (Phi) is 45.1. The molecule has 0 spiro atoms. The number of rotatable bonds is 55. The number of aryl methyl sites for hydroxylation is 1. The lowest BCUT2D eigenvalue weighted by atomic mass is 9.89. The first-order valence-electron chi connectivity index (χ1n) is 43.9. The van der Waals surface area contributed by atoms with Crippen molar-refractivity contribution in [2.45, 2.75) is 206 Å². The largest absolute Gasteiger partial charge is 0.470 e. The molecule has 1 aliphatic carbocycles. The molecule has 45 heteroatoms. The van der Waals surface area contributed by atoms with Gasteiger partial charge < -0.3 is 116 Å². The maximum atomic E-state index is 14.0. The standard InChI is InChI=1S/C86H125N13O29S3/c1-11-87-66(100)22-18-13-12-17-21-62-63(26-25-58(24-23-57-19-15-14-16-20-57)123-75(109)54-117-69(103)29-32-72(106)126-61(48-90-86(8,9)10)51-122-83-80(93-131-96-83)99-37-43-114-44-38-99)65(128-77(111)56-119-74(108)53-116-68(102)28-31-71(105)125-60(47-89-85(5,6)7)50-121-82-79(92-130-95-82)98-35-41-113-42-36-98)45-64(62)127-76(110)55-118-73(107)52-115-67(101)27-30-70(104)124-59(46-88-84(2,3)4)49-120-81-78(91-129-94-81)97-33-39-112-40-34-97/h12,14-17,19-20,25-26,58-65,88-90H,11,13,18,21-24,27-56H2,1-10H3,(H,87,100)/b17-12-,26-25+/t58-,59-,60-,61-,62+,63+,64-,65+/m0/s1. The number of hydrogen-bond acceptors (Lipinski definition) is 44. The molecule has 1 aromatic carbocycles. The fourth-order valence-electron chi connectivity index (χ4n) is 13.2. The minimum Gasteiger partial charge on any atom is -0.470 e. The van der Waals surface area contributed by atoms with E-state index < -0.39 is 186 Å². The summed E-state index contributed by atoms with van der Waals surface area (Å²) in [6.45, 7) is 21.5. The molecule has 1 amide bonds. The Labute approximate surface area is 774 Å². The van der Waals surface area contributed by atoms with Crippen LogP contribution in [-0.4, -0.2) is 309 Å². The number of esters is 11. The van der Waals surface area contributed by atoms with E-state index in [1.165, 1.54) is 6.08 Å². The van der Waals surface area contributed by atoms with Crippen molar-refractivity contribution in [1.82, 2.24) is 47.5 Å². The maximum absolute atomic E-state index is 14.0. The number of nitrogens with one attached hydrogen (secondary N) is 4. The van der Waals surface area contributed by atoms with E-state index in [2.05, 4.69) is 47.5 Å². The summed E-state index contributed by atoms with van der Waals surface area (Å²) in [6.07, 6.45) is -0.705. The van der Waals surface area contributed by atoms with Gasteiger partial charge in [0.2, 0.25) is 23.4 Å². The second-order valence-electron chi connectivity index (χ2n) is 34.0. The van der Waals surface area contributed by atoms with Crippen LogP contribution in [0.15, 0.2) is 54.6 Å². The van der Waals surface area contributed by atoms with E-state index in [1.54, 1.807) is 19.1 Å². The monoisotopic (exact) mass is 1900 g/mol. The maximum Gasteiger partial charge on any atom is 0.344 e. The van der Waals surface area contributed by atoms with Gasteiger partial charge in [0, 0.05) is 107 Å². The Morgan fingerprint density at radius 1 is 0.450 bits per heavy atom. The molecule has 6 heterocycles. The fraction of sp³-hybridized carbons (Fsp3) is 0.674. The van der Waals surface area contributed by atoms with Gasteiger partial charge in [-0.1, -0.05) is 48.6 Å². The third kappa shape index (κ3) is 41.9. The van der Waals surface area contributed by atoms with Gasteiger partial charge >= 0.3 is 65.7 Å². The third-order valence-electron chi connectivity index (χ3n) is 19.9. The summed E-state index contributed by atoms with van der Waals surface area (Å²) in [5.74, 6) is -10.2. The normalized spacial score (nSPS) is 17.6. The number of hydrogen-bond donors (Lipinski definition) is 4. The van der Waals surface area contributed by atoms with Crippen molar-refractivity contribution in [2.75, 3.05) is 173 Å². The Morgan fingerprint density at radius 3 is 1.22 bits per heavy atom. The van der Waals surface area contributed by atoms with Crippen LogP contribution < -0.4 is 50.2 Å². The highest BCUT2D eigenvalue weighted by molar-refractivity contribution is 7.00. The molecule has 4 aromatic rings. The van der Waals surface area contributed by atoms with Crippen molar-refractivity contribution in [3.63, 3.8) is 0 Å². The van der Waals surface area contributed by atoms with Crippen LogP contribution in [0.5, 0.6) is 17.6 Å². The first-order valence-corrected chi connectivity index (χ1v) is 46.1. The lowest BCUT2D eigenvalue weighted by Gasteiger charge is -2.27. The zero-order valence-electron chi connectivity index (χ0n) is 76.1. The predicted octanol–water partition coefficient (Wildman–Crippen LogP) is 5.06. The Hall–Kier alpha value is -10.4. The summed E-state index contributed by atoms with van der Waals surface area (Å²) in [4.78, 5) is 166. The highest BCUT2D eigenvalue weighted by atomic mass is 32.1. The second kappa shape index (κ2) is 55.8. The van der Waals surface area contributed by atoms with Crippen LogP contribution in [0.4, 0.5) is 17.5 Å². The van der Waals surface area contributed by atoms with Gasteiger partial charge in [-0.05, 0) is 113 Å². The van der Waals surface area contributed by atoms with Crippen LogP contribution in [-0.2, 0) is 130 Å². The molecule has 4 N–H and O–H groups in total. The van der Waals surface area contributed by atoms with E-state index in [9.17, 15) is 57.5 Å². The first-order chi connectivity index (χ1) is 62.7. The van der Waals surface area contributed by atoms with E-state index in [0.717, 1.165) is 40.7 Å². The lowest BCUT2D eigenvalue weighted by Crippen LogP contribution is -2.44. The fourth-order valence-corrected chi connectivity index (χ4v) is 14.8. The van der Waals surface area contributed by atoms with Gasteiger partial charge in [-0.3, -0.25) is 33.6 Å². The number of amides is 1. The average molecular weight is 1900 g/mol. The molecule has 0 unspecified atom stereocenters. The predicted molar refractivity (Wildman–Crippen MR) is 472 cm³/mol. The zero-order chi connectivity index (χ0) is 94.6. The number of carbonyl (C=O) groups excluding carboxylic acids is 12. The molecule has 726 valence electrons. The SMILES string of the molecule is CCNC(=O)CCC/C=C\C[C@@H]1[C@@H](/C=C/[C@H](CCc2ccccc2)OC(=O)COC(=O)CCC(=O)O[C@@H](CNC(C)(C)C)COc2nsnc2N2CCOCC2)[C@H](OC(=O)COC(=O)COC(=O)CCC(=O)O[C@@H](CNC(C)(C)C)COc2nsnc2N2CCOCC2)C[C@@H]1OC(=O)COC(=O)COC(=O)CCC(=O)O[C@@H](CNC(C)(C)C)COc1nsnc1N1CCOCC1. The molecule has 4 fully saturated rings. The van der Waals surface area contributed by atoms with Crippen LogP contribution in [0.25, 0.3) is 0 Å². The zero-order valence-corrected chi connectivity index (χ0v) is 78.5. The van der Waals surface area contributed by atoms with Crippen molar-refractivity contribution in [2.24, 2.45) is 11.8 Å². The molecule has 0 radical (unpaired) electrons. The molecule has 8 rings (SSSR count). The molecule has 3 saturated heterocycles. The van der Waals surface area contributed by atoms with Gasteiger partial charge in [0.25, 0.3) is 17.6 Å². The summed E-state index contributed by atoms with van der Waals surface area (Å²) in [5, 5.41) is 12.6. The summed E-state index contributed by atoms with van der Waals surface area (Å²) in [5.41, 5.74) is -0.293. The number of anilines is 3. The van der Waals surface area contributed by atoms with Crippen LogP contribution in [0.1, 0.15) is 152 Å². The van der Waals surface area contributed by atoms with Crippen LogP contribution in [0, 0.1) is 11.8 Å². The minimum atomic E-state index is -1.23. The highest BCUT2D eigenvalue weighted by Crippen LogP contribution is 2.41. The van der Waals surface area contributed by atoms with E-state index in [4.69, 9.17) is 80.5 Å². The van der Waals surface area contributed by atoms with E-state index in [1.807, 2.05) is 113 Å². The number of morpholine rings is 3. The number of aromatic nitrogens is 6. The van der Waals surface area contributed by atoms with E-state index >= 15 is 0 Å². The summed E-state index contributed by atoms with van der Waals surface area (Å²) >= 11 is 2.91. The van der Waals surface area contributed by atoms with Gasteiger partial charge in [0.1, 0.15) is 56.4 Å². The summed E-state index contributed by atoms with van der Waals surface area (Å²) < 4.78 is 122. The van der Waals surface area contributed by atoms with E-state index in [-0.39, 0.29) is 105 Å². The minimum absolute atomic E-state index is 0.0953. The van der Waals surface area contributed by atoms with Crippen molar-refractivity contribution in [3.05, 3.63) is 60.2 Å². The molecule has 42 nitrogen and oxygen atoms in total. The van der Waals surface area contributed by atoms with Crippen molar-refractivity contribution in [1.29, 1.82) is 0 Å². The third-order valence-corrected chi connectivity index (χ3v) is 21.4. The molecular formula is C86H125N13O29S3. The van der Waals surface area contributed by atoms with Crippen LogP contribution >= 0.6 is 35.2 Å². The number of unbranched alkanes of at least 4 members (excludes halogenated alkanes) is 1. The Bertz CT molecular complexity index is 4310. The average Bonchev–Trinajstić information content (AvgIpc) is 1.66. The summed E-state index contributed by atoms with van der Waals surface area (Å²) in [7, 11) is 0. The summed E-state index contributed by atoms with van der Waals surface area (Å²) in [6, 6.07) is 9.18. The van der Waals surface area contributed by atoms with Crippen molar-refractivity contribution >= 4 is 124 Å². The number of benzene rings is 1. The van der Waals surface area contributed by atoms with Gasteiger partial charge in [0.05, 0.1) is 113 Å². The molecule has 0 bridgehead atoms. The molecular weight excluding hydrogens is 1780 g/mol. The van der Waals surface area contributed by atoms with Gasteiger partial charge in [-0.2, -0.15) is 13.1 Å². The number of nitrogens with zero attached hydrogens (tertiary/aromatic N) is 9. The molecule has 3 aromatic heterocycles. The highest BCUT2D eigenvalue weighted by Gasteiger charge is 2.46. The van der Waals surface area contributed by atoms with E-state index in [0.29, 0.717) is 122 Å². The lowest BCUT2D eigenvalue weighted by molar-refractivity contribution is -0.169. The number of carbonyl (C=O) groups is 12. The van der Waals surface area contributed by atoms with Crippen molar-refractivity contribution < 1.29 is 138 Å². The second-order valence-corrected chi connectivity index (χ2v) is 35.6. The number of allylic oxidation sites excluding steroid dienone is 2. The van der Waals surface area contributed by atoms with Crippen molar-refractivity contribution in [3.8, 4) is 17.6 Å². The molecule has 1 saturated carbocycles. The van der Waals surface area contributed by atoms with Gasteiger partial charge in [0.15, 0.2) is 33.0 Å². The molecule has 131 heavy (non-hydrogen) atoms. The number of ether oxygens (including phenoxy) is 17. The quantitative estimate of drug-likeness (QED) is 0.0194. The first kappa shape index (κ1) is 106. The molecule has 4 aliphatic rings. The smallest absolute Gasteiger partial charge is 0.344 e. The Balaban J connectivity index is 0.918. The van der Waals surface area contributed by atoms with Gasteiger partial charge in [-0.15, -0.1) is 13.1 Å².